The fraction of sp³-hybridized carbons (Fsp3) is 0.429. The molecular formula is C14H20ClN3O2. The molecule has 0 saturated heterocycles. The van der Waals surface area contributed by atoms with Gasteiger partial charge < -0.3 is 16.0 Å². The fourth-order valence-corrected chi connectivity index (χ4v) is 1.70. The Hall–Kier alpha value is -1.59. The third kappa shape index (κ3) is 3.95. The maximum absolute atomic E-state index is 11.9. The molecule has 1 aromatic carbocycles. The van der Waals surface area contributed by atoms with E-state index in [0.29, 0.717) is 16.3 Å². The van der Waals surface area contributed by atoms with Crippen LogP contribution in [0.5, 0.6) is 0 Å². The van der Waals surface area contributed by atoms with Gasteiger partial charge >= 0.3 is 0 Å². The zero-order valence-electron chi connectivity index (χ0n) is 12.1. The molecule has 1 aromatic rings. The van der Waals surface area contributed by atoms with Gasteiger partial charge in [-0.2, -0.15) is 0 Å². The summed E-state index contributed by atoms with van der Waals surface area (Å²) in [5, 5.41) is 3.02. The van der Waals surface area contributed by atoms with Gasteiger partial charge in [-0.25, -0.2) is 0 Å². The second kappa shape index (κ2) is 6.72. The lowest BCUT2D eigenvalue weighted by Gasteiger charge is -2.17. The molecule has 1 atom stereocenters. The van der Waals surface area contributed by atoms with Crippen LogP contribution in [-0.2, 0) is 4.79 Å². The van der Waals surface area contributed by atoms with Crippen molar-refractivity contribution in [3.8, 4) is 0 Å². The molecule has 0 aliphatic rings. The lowest BCUT2D eigenvalue weighted by Crippen LogP contribution is -2.39. The largest absolute Gasteiger partial charge is 0.345 e. The smallest absolute Gasteiger partial charge is 0.253 e. The fourth-order valence-electron chi connectivity index (χ4n) is 1.53. The molecule has 0 unspecified atom stereocenters. The molecule has 3 N–H and O–H groups in total. The van der Waals surface area contributed by atoms with E-state index in [2.05, 4.69) is 5.32 Å². The van der Waals surface area contributed by atoms with Crippen molar-refractivity contribution in [1.29, 1.82) is 0 Å². The Kier molecular flexibility index (Phi) is 5.53. The van der Waals surface area contributed by atoms with E-state index in [9.17, 15) is 9.59 Å². The summed E-state index contributed by atoms with van der Waals surface area (Å²) in [6.07, 6.45) is 0. The minimum absolute atomic E-state index is 0.0142. The van der Waals surface area contributed by atoms with E-state index in [1.165, 1.54) is 4.90 Å². The quantitative estimate of drug-likeness (QED) is 0.892. The average molecular weight is 298 g/mol. The lowest BCUT2D eigenvalue weighted by atomic mass is 10.0. The van der Waals surface area contributed by atoms with Crippen molar-refractivity contribution in [2.75, 3.05) is 19.4 Å². The Labute approximate surface area is 124 Å². The Balaban J connectivity index is 2.98. The van der Waals surface area contributed by atoms with Crippen molar-refractivity contribution in [2.24, 2.45) is 11.7 Å². The highest BCUT2D eigenvalue weighted by atomic mass is 35.5. The highest BCUT2D eigenvalue weighted by Crippen LogP contribution is 2.24. The SMILES string of the molecule is CC(C)[C@@H](N)C(=O)Nc1cc(C(=O)N(C)C)ccc1Cl. The van der Waals surface area contributed by atoms with Gasteiger partial charge in [-0.1, -0.05) is 25.4 Å². The van der Waals surface area contributed by atoms with E-state index in [4.69, 9.17) is 17.3 Å². The molecule has 2 amide bonds. The van der Waals surface area contributed by atoms with Gasteiger partial charge in [0.25, 0.3) is 5.91 Å². The summed E-state index contributed by atoms with van der Waals surface area (Å²) in [5.41, 5.74) is 6.61. The number of carbonyl (C=O) groups is 2. The number of carbonyl (C=O) groups excluding carboxylic acids is 2. The number of hydrogen-bond acceptors (Lipinski definition) is 3. The molecule has 5 nitrogen and oxygen atoms in total. The molecule has 0 saturated carbocycles. The number of amides is 2. The van der Waals surface area contributed by atoms with Crippen molar-refractivity contribution in [2.45, 2.75) is 19.9 Å². The normalized spacial score (nSPS) is 12.2. The Morgan fingerprint density at radius 1 is 1.30 bits per heavy atom. The molecule has 6 heteroatoms. The summed E-state index contributed by atoms with van der Waals surface area (Å²) in [7, 11) is 3.31. The first-order valence-corrected chi connectivity index (χ1v) is 6.69. The predicted octanol–water partition coefficient (Wildman–Crippen LogP) is 1.96. The van der Waals surface area contributed by atoms with Gasteiger partial charge in [-0.15, -0.1) is 0 Å². The molecule has 0 aliphatic heterocycles. The van der Waals surface area contributed by atoms with Gasteiger partial charge in [-0.05, 0) is 24.1 Å². The third-order valence-corrected chi connectivity index (χ3v) is 3.23. The van der Waals surface area contributed by atoms with E-state index in [-0.39, 0.29) is 17.7 Å². The summed E-state index contributed by atoms with van der Waals surface area (Å²) < 4.78 is 0. The zero-order valence-corrected chi connectivity index (χ0v) is 12.9. The van der Waals surface area contributed by atoms with Crippen LogP contribution in [0.2, 0.25) is 5.02 Å². The van der Waals surface area contributed by atoms with Gasteiger partial charge in [0.05, 0.1) is 16.8 Å². The summed E-state index contributed by atoms with van der Waals surface area (Å²) in [5.74, 6) is -0.470. The number of rotatable bonds is 4. The number of nitrogens with zero attached hydrogens (tertiary/aromatic N) is 1. The highest BCUT2D eigenvalue weighted by Gasteiger charge is 2.19. The van der Waals surface area contributed by atoms with Crippen LogP contribution in [0.25, 0.3) is 0 Å². The van der Waals surface area contributed by atoms with Gasteiger partial charge in [0.15, 0.2) is 0 Å². The second-order valence-corrected chi connectivity index (χ2v) is 5.56. The summed E-state index contributed by atoms with van der Waals surface area (Å²) in [4.78, 5) is 25.3. The van der Waals surface area contributed by atoms with Crippen molar-refractivity contribution < 1.29 is 9.59 Å². The minimum atomic E-state index is -0.626. The van der Waals surface area contributed by atoms with Gasteiger partial charge in [0.1, 0.15) is 0 Å². The van der Waals surface area contributed by atoms with Crippen LogP contribution in [0.1, 0.15) is 24.2 Å². The van der Waals surface area contributed by atoms with E-state index in [1.807, 2.05) is 13.8 Å². The van der Waals surface area contributed by atoms with E-state index in [0.717, 1.165) is 0 Å². The van der Waals surface area contributed by atoms with Crippen LogP contribution in [0.15, 0.2) is 18.2 Å². The number of hydrogen-bond donors (Lipinski definition) is 2. The molecule has 0 fully saturated rings. The minimum Gasteiger partial charge on any atom is -0.345 e. The van der Waals surface area contributed by atoms with Gasteiger partial charge in [0, 0.05) is 19.7 Å². The van der Waals surface area contributed by atoms with Crippen molar-refractivity contribution >= 4 is 29.1 Å². The Bertz CT molecular complexity index is 515. The number of anilines is 1. The molecule has 1 rings (SSSR count). The van der Waals surface area contributed by atoms with Crippen LogP contribution in [0.3, 0.4) is 0 Å². The summed E-state index contributed by atoms with van der Waals surface area (Å²) in [6, 6.07) is 4.12. The van der Waals surface area contributed by atoms with Gasteiger partial charge in [-0.3, -0.25) is 9.59 Å². The van der Waals surface area contributed by atoms with Crippen LogP contribution in [0, 0.1) is 5.92 Å². The maximum atomic E-state index is 11.9. The second-order valence-electron chi connectivity index (χ2n) is 5.15. The first-order valence-electron chi connectivity index (χ1n) is 6.31. The maximum Gasteiger partial charge on any atom is 0.253 e. The van der Waals surface area contributed by atoms with Crippen LogP contribution < -0.4 is 11.1 Å². The molecular weight excluding hydrogens is 278 g/mol. The first kappa shape index (κ1) is 16.5. The monoisotopic (exact) mass is 297 g/mol. The van der Waals surface area contributed by atoms with Crippen LogP contribution in [-0.4, -0.2) is 36.9 Å². The lowest BCUT2D eigenvalue weighted by molar-refractivity contribution is -0.118. The average Bonchev–Trinajstić information content (AvgIpc) is 2.39. The standard InChI is InChI=1S/C14H20ClN3O2/c1-8(2)12(16)13(19)17-11-7-9(5-6-10(11)15)14(20)18(3)4/h5-8,12H,16H2,1-4H3,(H,17,19)/t12-/m1/s1. The highest BCUT2D eigenvalue weighted by molar-refractivity contribution is 6.34. The topological polar surface area (TPSA) is 75.4 Å². The van der Waals surface area contributed by atoms with Gasteiger partial charge in [0.2, 0.25) is 5.91 Å². The zero-order chi connectivity index (χ0) is 15.4. The molecule has 0 radical (unpaired) electrons. The Morgan fingerprint density at radius 3 is 2.40 bits per heavy atom. The molecule has 0 bridgehead atoms. The van der Waals surface area contributed by atoms with E-state index >= 15 is 0 Å². The molecule has 110 valence electrons. The molecule has 0 spiro atoms. The number of halogens is 1. The summed E-state index contributed by atoms with van der Waals surface area (Å²) in [6.45, 7) is 3.72. The molecule has 0 heterocycles. The van der Waals surface area contributed by atoms with Crippen molar-refractivity contribution in [3.05, 3.63) is 28.8 Å². The molecule has 0 aromatic heterocycles. The van der Waals surface area contributed by atoms with Crippen molar-refractivity contribution in [3.63, 3.8) is 0 Å². The van der Waals surface area contributed by atoms with Crippen molar-refractivity contribution in [1.82, 2.24) is 4.90 Å². The number of benzene rings is 1. The Morgan fingerprint density at radius 2 is 1.90 bits per heavy atom. The number of nitrogens with one attached hydrogen (secondary N) is 1. The third-order valence-electron chi connectivity index (χ3n) is 2.90. The molecule has 20 heavy (non-hydrogen) atoms. The predicted molar refractivity (Wildman–Crippen MR) is 80.9 cm³/mol. The van der Waals surface area contributed by atoms with E-state index in [1.54, 1.807) is 32.3 Å². The first-order chi connectivity index (χ1) is 9.23. The summed E-state index contributed by atoms with van der Waals surface area (Å²) >= 11 is 6.03. The molecule has 0 aliphatic carbocycles. The van der Waals surface area contributed by atoms with Crippen LogP contribution in [0.4, 0.5) is 5.69 Å². The van der Waals surface area contributed by atoms with E-state index < -0.39 is 6.04 Å². The van der Waals surface area contributed by atoms with Crippen LogP contribution >= 0.6 is 11.6 Å². The number of nitrogens with two attached hydrogens (primary N) is 1.